The lowest BCUT2D eigenvalue weighted by Gasteiger charge is -2.34. The van der Waals surface area contributed by atoms with Gasteiger partial charge in [-0.1, -0.05) is 48.0 Å². The summed E-state index contributed by atoms with van der Waals surface area (Å²) in [5.41, 5.74) is 1.25. The largest absolute Gasteiger partial charge is 0.336 e. The van der Waals surface area contributed by atoms with Gasteiger partial charge in [0.05, 0.1) is 9.23 Å². The average molecular weight is 490 g/mol. The molecule has 2 heterocycles. The third kappa shape index (κ3) is 5.76. The molecule has 1 fully saturated rings. The molecule has 1 aliphatic rings. The van der Waals surface area contributed by atoms with Crippen molar-refractivity contribution < 1.29 is 13.2 Å². The van der Waals surface area contributed by atoms with Crippen molar-refractivity contribution in [1.29, 1.82) is 0 Å². The lowest BCUT2D eigenvalue weighted by atomic mass is 10.2. The number of nitrogens with zero attached hydrogens (tertiary/aromatic N) is 2. The third-order valence-electron chi connectivity index (χ3n) is 5.37. The number of benzene rings is 2. The summed E-state index contributed by atoms with van der Waals surface area (Å²) in [6, 6.07) is 19.5. The number of sulfonamides is 1. The van der Waals surface area contributed by atoms with Crippen molar-refractivity contribution in [3.8, 4) is 0 Å². The molecule has 0 radical (unpaired) electrons. The van der Waals surface area contributed by atoms with Gasteiger partial charge in [-0.05, 0) is 35.9 Å². The van der Waals surface area contributed by atoms with E-state index in [1.807, 2.05) is 42.5 Å². The van der Waals surface area contributed by atoms with E-state index in [0.29, 0.717) is 18.7 Å². The predicted molar refractivity (Wildman–Crippen MR) is 127 cm³/mol. The second kappa shape index (κ2) is 10.1. The van der Waals surface area contributed by atoms with Gasteiger partial charge in [0.15, 0.2) is 0 Å². The molecule has 1 amide bonds. The van der Waals surface area contributed by atoms with Crippen molar-refractivity contribution in [1.82, 2.24) is 14.5 Å². The molecule has 1 N–H and O–H groups in total. The number of halogens is 1. The highest BCUT2D eigenvalue weighted by Crippen LogP contribution is 2.23. The third-order valence-corrected chi connectivity index (χ3v) is 7.98. The minimum absolute atomic E-state index is 0.0903. The molecule has 2 aromatic carbocycles. The molecule has 1 saturated heterocycles. The zero-order valence-corrected chi connectivity index (χ0v) is 19.8. The van der Waals surface area contributed by atoms with Crippen molar-refractivity contribution >= 4 is 38.9 Å². The van der Waals surface area contributed by atoms with E-state index in [2.05, 4.69) is 9.62 Å². The molecule has 3 aromatic rings. The highest BCUT2D eigenvalue weighted by Gasteiger charge is 2.24. The fraction of sp³-hybridized carbons (Fsp3) is 0.261. The van der Waals surface area contributed by atoms with E-state index in [0.717, 1.165) is 29.5 Å². The number of carbonyl (C=O) groups excluding carboxylic acids is 1. The van der Waals surface area contributed by atoms with E-state index in [1.54, 1.807) is 28.4 Å². The topological polar surface area (TPSA) is 69.7 Å². The van der Waals surface area contributed by atoms with Gasteiger partial charge < -0.3 is 4.90 Å². The second-order valence-corrected chi connectivity index (χ2v) is 11.2. The Morgan fingerprint density at radius 2 is 1.72 bits per heavy atom. The van der Waals surface area contributed by atoms with Gasteiger partial charge in [-0.25, -0.2) is 13.1 Å². The first kappa shape index (κ1) is 22.9. The van der Waals surface area contributed by atoms with Crippen LogP contribution in [0.25, 0.3) is 0 Å². The highest BCUT2D eigenvalue weighted by molar-refractivity contribution is 7.89. The zero-order valence-electron chi connectivity index (χ0n) is 17.4. The van der Waals surface area contributed by atoms with Crippen LogP contribution in [0.4, 0.5) is 0 Å². The molecule has 0 spiro atoms. The summed E-state index contributed by atoms with van der Waals surface area (Å²) < 4.78 is 28.8. The Morgan fingerprint density at radius 1 is 0.969 bits per heavy atom. The number of amides is 1. The van der Waals surface area contributed by atoms with Crippen LogP contribution in [0.3, 0.4) is 0 Å². The first-order chi connectivity index (χ1) is 15.4. The first-order valence-electron chi connectivity index (χ1n) is 10.3. The molecule has 0 aliphatic carbocycles. The van der Waals surface area contributed by atoms with E-state index in [4.69, 9.17) is 11.6 Å². The van der Waals surface area contributed by atoms with Gasteiger partial charge >= 0.3 is 0 Å². The molecule has 1 aromatic heterocycles. The summed E-state index contributed by atoms with van der Waals surface area (Å²) in [6.45, 7) is 3.73. The van der Waals surface area contributed by atoms with Crippen molar-refractivity contribution in [2.24, 2.45) is 0 Å². The van der Waals surface area contributed by atoms with Crippen LogP contribution in [-0.2, 0) is 23.1 Å². The second-order valence-electron chi connectivity index (χ2n) is 7.61. The Bertz CT molecular complexity index is 1170. The molecular formula is C23H24ClN3O3S2. The van der Waals surface area contributed by atoms with Crippen LogP contribution in [0.1, 0.15) is 20.8 Å². The molecule has 0 atom stereocenters. The number of thiophene rings is 1. The van der Waals surface area contributed by atoms with Crippen LogP contribution < -0.4 is 4.72 Å². The van der Waals surface area contributed by atoms with Gasteiger partial charge in [-0.15, -0.1) is 11.3 Å². The van der Waals surface area contributed by atoms with E-state index in [-0.39, 0.29) is 17.3 Å². The summed E-state index contributed by atoms with van der Waals surface area (Å²) in [7, 11) is -3.73. The van der Waals surface area contributed by atoms with Crippen molar-refractivity contribution in [3.05, 3.63) is 87.1 Å². The van der Waals surface area contributed by atoms with Gasteiger partial charge in [-0.3, -0.25) is 9.69 Å². The quantitative estimate of drug-likeness (QED) is 0.547. The number of piperazine rings is 1. The minimum Gasteiger partial charge on any atom is -0.336 e. The van der Waals surface area contributed by atoms with E-state index in [9.17, 15) is 13.2 Å². The van der Waals surface area contributed by atoms with Gasteiger partial charge in [0, 0.05) is 49.7 Å². The van der Waals surface area contributed by atoms with Gasteiger partial charge in [0.25, 0.3) is 5.91 Å². The maximum absolute atomic E-state index is 13.0. The summed E-state index contributed by atoms with van der Waals surface area (Å²) in [5.74, 6) is -0.149. The fourth-order valence-electron chi connectivity index (χ4n) is 3.60. The lowest BCUT2D eigenvalue weighted by molar-refractivity contribution is 0.0629. The summed E-state index contributed by atoms with van der Waals surface area (Å²) in [4.78, 5) is 18.4. The Kier molecular flexibility index (Phi) is 7.27. The zero-order chi connectivity index (χ0) is 22.6. The number of carbonyl (C=O) groups is 1. The predicted octanol–water partition coefficient (Wildman–Crippen LogP) is 3.84. The van der Waals surface area contributed by atoms with Crippen LogP contribution in [0.2, 0.25) is 4.34 Å². The molecule has 4 rings (SSSR count). The average Bonchev–Trinajstić information content (AvgIpc) is 3.23. The van der Waals surface area contributed by atoms with Crippen LogP contribution >= 0.6 is 22.9 Å². The standard InChI is InChI=1S/C23H24ClN3O3S2/c24-22-10-9-20(31-22)17-26-11-13-27(14-12-26)23(28)19-7-4-8-21(15-19)32(29,30)25-16-18-5-2-1-3-6-18/h1-10,15,25H,11-14,16-17H2. The van der Waals surface area contributed by atoms with E-state index in [1.165, 1.54) is 17.0 Å². The van der Waals surface area contributed by atoms with Crippen LogP contribution in [0, 0.1) is 0 Å². The number of hydrogen-bond acceptors (Lipinski definition) is 5. The van der Waals surface area contributed by atoms with Crippen molar-refractivity contribution in [2.45, 2.75) is 18.0 Å². The van der Waals surface area contributed by atoms with Crippen molar-refractivity contribution in [2.75, 3.05) is 26.2 Å². The maximum Gasteiger partial charge on any atom is 0.253 e. The molecular weight excluding hydrogens is 466 g/mol. The number of rotatable bonds is 7. The first-order valence-corrected chi connectivity index (χ1v) is 13.0. The summed E-state index contributed by atoms with van der Waals surface area (Å²) in [6.07, 6.45) is 0. The van der Waals surface area contributed by atoms with Gasteiger partial charge in [-0.2, -0.15) is 0 Å². The van der Waals surface area contributed by atoms with Crippen LogP contribution in [0.15, 0.2) is 71.6 Å². The van der Waals surface area contributed by atoms with Crippen LogP contribution in [-0.4, -0.2) is 50.3 Å². The lowest BCUT2D eigenvalue weighted by Crippen LogP contribution is -2.48. The minimum atomic E-state index is -3.73. The van der Waals surface area contributed by atoms with Crippen LogP contribution in [0.5, 0.6) is 0 Å². The Morgan fingerprint density at radius 3 is 2.41 bits per heavy atom. The molecule has 1 aliphatic heterocycles. The molecule has 0 saturated carbocycles. The van der Waals surface area contributed by atoms with Gasteiger partial charge in [0.2, 0.25) is 10.0 Å². The summed E-state index contributed by atoms with van der Waals surface area (Å²) >= 11 is 7.58. The molecule has 9 heteroatoms. The molecule has 32 heavy (non-hydrogen) atoms. The molecule has 168 valence electrons. The van der Waals surface area contributed by atoms with Crippen molar-refractivity contribution in [3.63, 3.8) is 0 Å². The normalized spacial score (nSPS) is 15.1. The Balaban J connectivity index is 1.37. The van der Waals surface area contributed by atoms with E-state index < -0.39 is 10.0 Å². The molecule has 6 nitrogen and oxygen atoms in total. The van der Waals surface area contributed by atoms with Gasteiger partial charge in [0.1, 0.15) is 0 Å². The highest BCUT2D eigenvalue weighted by atomic mass is 35.5. The fourth-order valence-corrected chi connectivity index (χ4v) is 5.80. The Labute approximate surface area is 197 Å². The Hall–Kier alpha value is -2.23. The monoisotopic (exact) mass is 489 g/mol. The summed E-state index contributed by atoms with van der Waals surface area (Å²) in [5, 5.41) is 0. The maximum atomic E-state index is 13.0. The SMILES string of the molecule is O=C(c1cccc(S(=O)(=O)NCc2ccccc2)c1)N1CCN(Cc2ccc(Cl)s2)CC1. The molecule has 0 unspecified atom stereocenters. The number of hydrogen-bond donors (Lipinski definition) is 1. The van der Waals surface area contributed by atoms with E-state index >= 15 is 0 Å². The smallest absolute Gasteiger partial charge is 0.253 e. The number of nitrogens with one attached hydrogen (secondary N) is 1. The molecule has 0 bridgehead atoms.